The van der Waals surface area contributed by atoms with Crippen LogP contribution in [-0.2, 0) is 4.79 Å². The second kappa shape index (κ2) is 6.55. The van der Waals surface area contributed by atoms with E-state index in [1.165, 1.54) is 11.8 Å². The number of hydrogen-bond donors (Lipinski definition) is 0. The SMILES string of the molecule is O=CCSc1nc(-c2ccc3c(c2)OCO3)c(-c2ccc3c(c2)OCO3)o1. The summed E-state index contributed by atoms with van der Waals surface area (Å²) in [7, 11) is 0. The van der Waals surface area contributed by atoms with Crippen LogP contribution in [0.5, 0.6) is 23.0 Å². The summed E-state index contributed by atoms with van der Waals surface area (Å²) in [6.07, 6.45) is 0.815. The average Bonchev–Trinajstić information content (AvgIpc) is 3.43. The lowest BCUT2D eigenvalue weighted by atomic mass is 10.0. The Kier molecular flexibility index (Phi) is 3.90. The quantitative estimate of drug-likeness (QED) is 0.487. The van der Waals surface area contributed by atoms with Gasteiger partial charge < -0.3 is 28.2 Å². The highest BCUT2D eigenvalue weighted by molar-refractivity contribution is 7.99. The fourth-order valence-electron chi connectivity index (χ4n) is 2.94. The van der Waals surface area contributed by atoms with E-state index in [0.717, 1.165) is 17.4 Å². The number of aldehydes is 1. The van der Waals surface area contributed by atoms with Gasteiger partial charge in [-0.15, -0.1) is 0 Å². The summed E-state index contributed by atoms with van der Waals surface area (Å²) in [6.45, 7) is 0.400. The van der Waals surface area contributed by atoms with Crippen LogP contribution < -0.4 is 18.9 Å². The van der Waals surface area contributed by atoms with Gasteiger partial charge in [0, 0.05) is 11.1 Å². The summed E-state index contributed by atoms with van der Waals surface area (Å²) >= 11 is 1.24. The monoisotopic (exact) mass is 383 g/mol. The van der Waals surface area contributed by atoms with Crippen molar-refractivity contribution in [3.05, 3.63) is 36.4 Å². The molecule has 2 aliphatic heterocycles. The number of ether oxygens (including phenoxy) is 4. The Labute approximate surface area is 158 Å². The van der Waals surface area contributed by atoms with Gasteiger partial charge in [-0.2, -0.15) is 0 Å². The Hall–Kier alpha value is -3.13. The van der Waals surface area contributed by atoms with Crippen LogP contribution in [0.3, 0.4) is 0 Å². The highest BCUT2D eigenvalue weighted by atomic mass is 32.2. The second-order valence-electron chi connectivity index (χ2n) is 5.77. The van der Waals surface area contributed by atoms with Crippen molar-refractivity contribution in [3.8, 4) is 45.6 Å². The van der Waals surface area contributed by atoms with Crippen LogP contribution in [0.15, 0.2) is 46.0 Å². The highest BCUT2D eigenvalue weighted by Crippen LogP contribution is 2.43. The molecule has 0 aliphatic carbocycles. The summed E-state index contributed by atoms with van der Waals surface area (Å²) in [6, 6.07) is 11.2. The molecule has 1 aromatic heterocycles. The summed E-state index contributed by atoms with van der Waals surface area (Å²) < 4.78 is 27.6. The summed E-state index contributed by atoms with van der Waals surface area (Å²) in [5.41, 5.74) is 2.28. The molecule has 8 heteroatoms. The average molecular weight is 383 g/mol. The molecule has 0 spiro atoms. The fourth-order valence-corrected chi connectivity index (χ4v) is 3.45. The van der Waals surface area contributed by atoms with Gasteiger partial charge in [-0.25, -0.2) is 4.98 Å². The second-order valence-corrected chi connectivity index (χ2v) is 6.74. The minimum Gasteiger partial charge on any atom is -0.454 e. The van der Waals surface area contributed by atoms with Gasteiger partial charge in [0.1, 0.15) is 12.0 Å². The lowest BCUT2D eigenvalue weighted by Gasteiger charge is -2.04. The molecular formula is C19H13NO6S. The van der Waals surface area contributed by atoms with E-state index in [2.05, 4.69) is 4.98 Å². The number of carbonyl (C=O) groups is 1. The van der Waals surface area contributed by atoms with E-state index in [-0.39, 0.29) is 19.3 Å². The van der Waals surface area contributed by atoms with Crippen molar-refractivity contribution < 1.29 is 28.2 Å². The molecule has 0 N–H and O–H groups in total. The molecule has 0 unspecified atom stereocenters. The van der Waals surface area contributed by atoms with E-state index < -0.39 is 0 Å². The number of nitrogens with zero attached hydrogens (tertiary/aromatic N) is 1. The van der Waals surface area contributed by atoms with Gasteiger partial charge in [-0.3, -0.25) is 0 Å². The van der Waals surface area contributed by atoms with Crippen LogP contribution in [-0.4, -0.2) is 30.6 Å². The van der Waals surface area contributed by atoms with Gasteiger partial charge in [0.25, 0.3) is 5.22 Å². The number of thioether (sulfide) groups is 1. The van der Waals surface area contributed by atoms with Crippen LogP contribution in [0.1, 0.15) is 0 Å². The molecule has 3 heterocycles. The molecule has 5 rings (SSSR count). The Balaban J connectivity index is 1.61. The minimum absolute atomic E-state index is 0.199. The van der Waals surface area contributed by atoms with Crippen molar-refractivity contribution in [1.82, 2.24) is 4.98 Å². The molecule has 0 saturated carbocycles. The minimum atomic E-state index is 0.199. The molecular weight excluding hydrogens is 370 g/mol. The van der Waals surface area contributed by atoms with E-state index >= 15 is 0 Å². The lowest BCUT2D eigenvalue weighted by molar-refractivity contribution is -0.105. The molecule has 27 heavy (non-hydrogen) atoms. The van der Waals surface area contributed by atoms with Gasteiger partial charge in [-0.05, 0) is 36.4 Å². The number of rotatable bonds is 5. The molecule has 136 valence electrons. The predicted octanol–water partition coefficient (Wildman–Crippen LogP) is 3.76. The van der Waals surface area contributed by atoms with Crippen molar-refractivity contribution >= 4 is 18.0 Å². The fraction of sp³-hybridized carbons (Fsp3) is 0.158. The van der Waals surface area contributed by atoms with Gasteiger partial charge in [0.2, 0.25) is 13.6 Å². The third-order valence-corrected chi connectivity index (χ3v) is 4.89. The first kappa shape index (κ1) is 16.1. The molecule has 0 saturated heterocycles. The van der Waals surface area contributed by atoms with E-state index in [1.807, 2.05) is 36.4 Å². The van der Waals surface area contributed by atoms with Crippen molar-refractivity contribution in [1.29, 1.82) is 0 Å². The Bertz CT molecular complexity index is 956. The molecule has 2 aliphatic rings. The standard InChI is InChI=1S/C19H13NO6S/c21-5-6-27-19-20-17(11-1-3-13-15(7-11)24-9-22-13)18(26-19)12-2-4-14-16(8-12)25-10-23-14/h1-5,7-8H,6,9-10H2. The van der Waals surface area contributed by atoms with Crippen LogP contribution in [0.2, 0.25) is 0 Å². The van der Waals surface area contributed by atoms with E-state index in [9.17, 15) is 4.79 Å². The van der Waals surface area contributed by atoms with Gasteiger partial charge >= 0.3 is 0 Å². The Morgan fingerprint density at radius 2 is 1.52 bits per heavy atom. The molecule has 0 amide bonds. The van der Waals surface area contributed by atoms with Crippen molar-refractivity contribution in [2.75, 3.05) is 19.3 Å². The van der Waals surface area contributed by atoms with Crippen molar-refractivity contribution in [3.63, 3.8) is 0 Å². The predicted molar refractivity (Wildman–Crippen MR) is 96.4 cm³/mol. The number of benzene rings is 2. The summed E-state index contributed by atoms with van der Waals surface area (Å²) in [4.78, 5) is 15.3. The largest absolute Gasteiger partial charge is 0.454 e. The summed E-state index contributed by atoms with van der Waals surface area (Å²) in [5, 5.41) is 0.419. The smallest absolute Gasteiger partial charge is 0.257 e. The van der Waals surface area contributed by atoms with E-state index in [0.29, 0.717) is 39.7 Å². The van der Waals surface area contributed by atoms with Crippen LogP contribution in [0, 0.1) is 0 Å². The van der Waals surface area contributed by atoms with Crippen LogP contribution >= 0.6 is 11.8 Å². The number of fused-ring (bicyclic) bond motifs is 2. The number of carbonyl (C=O) groups excluding carboxylic acids is 1. The molecule has 7 nitrogen and oxygen atoms in total. The van der Waals surface area contributed by atoms with Crippen LogP contribution in [0.4, 0.5) is 0 Å². The molecule has 3 aromatic rings. The molecule has 0 atom stereocenters. The van der Waals surface area contributed by atoms with E-state index in [4.69, 9.17) is 23.4 Å². The Morgan fingerprint density at radius 1 is 0.889 bits per heavy atom. The number of oxazole rings is 1. The number of aromatic nitrogens is 1. The van der Waals surface area contributed by atoms with Crippen molar-refractivity contribution in [2.24, 2.45) is 0 Å². The van der Waals surface area contributed by atoms with E-state index in [1.54, 1.807) is 0 Å². The zero-order chi connectivity index (χ0) is 18.2. The van der Waals surface area contributed by atoms with Gasteiger partial charge in [0.05, 0.1) is 5.75 Å². The third-order valence-electron chi connectivity index (χ3n) is 4.16. The molecule has 0 fully saturated rings. The molecule has 0 radical (unpaired) electrons. The topological polar surface area (TPSA) is 80.0 Å². The highest BCUT2D eigenvalue weighted by Gasteiger charge is 2.23. The van der Waals surface area contributed by atoms with Gasteiger partial charge in [0.15, 0.2) is 28.8 Å². The first-order valence-corrected chi connectivity index (χ1v) is 9.18. The first-order chi connectivity index (χ1) is 13.3. The maximum absolute atomic E-state index is 10.7. The maximum atomic E-state index is 10.7. The zero-order valence-corrected chi connectivity index (χ0v) is 14.8. The molecule has 0 bridgehead atoms. The van der Waals surface area contributed by atoms with Crippen molar-refractivity contribution in [2.45, 2.75) is 5.22 Å². The maximum Gasteiger partial charge on any atom is 0.257 e. The third kappa shape index (κ3) is 2.87. The normalized spacial score (nSPS) is 13.8. The summed E-state index contributed by atoms with van der Waals surface area (Å²) in [5.74, 6) is 3.56. The first-order valence-electron chi connectivity index (χ1n) is 8.19. The Morgan fingerprint density at radius 3 is 2.22 bits per heavy atom. The van der Waals surface area contributed by atoms with Gasteiger partial charge in [-0.1, -0.05) is 11.8 Å². The zero-order valence-electron chi connectivity index (χ0n) is 14.0. The number of hydrogen-bond acceptors (Lipinski definition) is 8. The molecule has 2 aromatic carbocycles. The lowest BCUT2D eigenvalue weighted by Crippen LogP contribution is -1.92. The van der Waals surface area contributed by atoms with Crippen LogP contribution in [0.25, 0.3) is 22.6 Å².